The molecule has 250 valence electrons. The lowest BCUT2D eigenvalue weighted by molar-refractivity contribution is -0.139. The monoisotopic (exact) mass is 638 g/mol. The summed E-state index contributed by atoms with van der Waals surface area (Å²) in [5.74, 6) is -1.12. The molecule has 0 aliphatic carbocycles. The number of fused-ring (bicyclic) bond motifs is 1. The summed E-state index contributed by atoms with van der Waals surface area (Å²) < 4.78 is 59.3. The molecule has 12 heteroatoms. The predicted molar refractivity (Wildman–Crippen MR) is 164 cm³/mol. The predicted octanol–water partition coefficient (Wildman–Crippen LogP) is 6.95. The van der Waals surface area contributed by atoms with Crippen molar-refractivity contribution in [3.05, 3.63) is 52.5 Å². The number of pyridine rings is 2. The molecule has 0 aromatic carbocycles. The number of methoxy groups -OCH3 is 1. The van der Waals surface area contributed by atoms with Gasteiger partial charge in [0.1, 0.15) is 18.5 Å². The van der Waals surface area contributed by atoms with Crippen molar-refractivity contribution in [3.63, 3.8) is 0 Å². The van der Waals surface area contributed by atoms with Crippen molar-refractivity contribution in [2.75, 3.05) is 25.6 Å². The van der Waals surface area contributed by atoms with E-state index >= 15 is 0 Å². The zero-order chi connectivity index (χ0) is 32.8. The van der Waals surface area contributed by atoms with E-state index in [2.05, 4.69) is 27.8 Å². The number of amides is 1. The van der Waals surface area contributed by atoms with Crippen LogP contribution in [0.1, 0.15) is 104 Å². The van der Waals surface area contributed by atoms with Crippen LogP contribution < -0.4 is 10.6 Å². The van der Waals surface area contributed by atoms with Gasteiger partial charge in [-0.05, 0) is 74.5 Å². The SMILES string of the molecule is CCc1cncc(C(F)(F)F)c1C(=O)N[C@@H](CCCCC(CCCCc1ccc2c(n1)NCCC2)CC[C@@H](CF)OC)C(=O)O. The fraction of sp³-hybridized carbons (Fsp3) is 0.636. The van der Waals surface area contributed by atoms with Gasteiger partial charge in [-0.1, -0.05) is 45.1 Å². The lowest BCUT2D eigenvalue weighted by Gasteiger charge is -2.21. The molecule has 45 heavy (non-hydrogen) atoms. The molecule has 8 nitrogen and oxygen atoms in total. The average molecular weight is 639 g/mol. The van der Waals surface area contributed by atoms with Gasteiger partial charge in [0.2, 0.25) is 0 Å². The summed E-state index contributed by atoms with van der Waals surface area (Å²) in [5.41, 5.74) is 0.626. The van der Waals surface area contributed by atoms with E-state index < -0.39 is 48.0 Å². The van der Waals surface area contributed by atoms with Crippen LogP contribution in [0.4, 0.5) is 23.4 Å². The summed E-state index contributed by atoms with van der Waals surface area (Å²) in [6.45, 7) is 1.98. The maximum Gasteiger partial charge on any atom is 0.418 e. The Kier molecular flexibility index (Phi) is 14.5. The van der Waals surface area contributed by atoms with Gasteiger partial charge in [0.25, 0.3) is 5.91 Å². The standard InChI is InChI=1S/C33H46F4N4O4/c1-3-23-20-38-21-27(33(35,36)37)29(23)31(42)41-28(32(43)44)13-7-5-10-22(14-17-26(19-34)45-2)9-4-6-12-25-16-15-24-11-8-18-39-30(24)40-25/h15-16,20-22,26,28H,3-14,17-19H2,1-2H3,(H,39,40)(H,41,42)(H,43,44)/t22?,26-,28-/m0/s1. The first-order valence-corrected chi connectivity index (χ1v) is 16.0. The van der Waals surface area contributed by atoms with Gasteiger partial charge < -0.3 is 20.5 Å². The van der Waals surface area contributed by atoms with Crippen LogP contribution in [0.5, 0.6) is 0 Å². The molecule has 3 atom stereocenters. The third-order valence-corrected chi connectivity index (χ3v) is 8.55. The van der Waals surface area contributed by atoms with E-state index in [0.717, 1.165) is 69.4 Å². The van der Waals surface area contributed by atoms with Crippen LogP contribution in [0, 0.1) is 5.92 Å². The molecule has 1 amide bonds. The molecule has 2 aromatic heterocycles. The molecular weight excluding hydrogens is 592 g/mol. The number of carbonyl (C=O) groups is 2. The number of halogens is 4. The van der Waals surface area contributed by atoms with Gasteiger partial charge in [0.05, 0.1) is 17.2 Å². The van der Waals surface area contributed by atoms with E-state index in [9.17, 15) is 32.3 Å². The van der Waals surface area contributed by atoms with E-state index in [4.69, 9.17) is 9.72 Å². The number of nitrogens with zero attached hydrogens (tertiary/aromatic N) is 2. The van der Waals surface area contributed by atoms with Gasteiger partial charge in [0, 0.05) is 31.7 Å². The number of carboxylic acid groups (broad SMARTS) is 1. The van der Waals surface area contributed by atoms with Gasteiger partial charge in [-0.3, -0.25) is 9.78 Å². The van der Waals surface area contributed by atoms with Crippen molar-refractivity contribution < 1.29 is 37.0 Å². The first-order chi connectivity index (χ1) is 21.6. The molecule has 0 radical (unpaired) electrons. The number of hydrogen-bond acceptors (Lipinski definition) is 6. The number of carboxylic acids is 1. The molecule has 0 bridgehead atoms. The van der Waals surface area contributed by atoms with E-state index in [1.54, 1.807) is 6.92 Å². The Morgan fingerprint density at radius 2 is 1.80 bits per heavy atom. The summed E-state index contributed by atoms with van der Waals surface area (Å²) in [5, 5.41) is 15.4. The molecule has 0 saturated heterocycles. The number of aromatic nitrogens is 2. The fourth-order valence-corrected chi connectivity index (χ4v) is 5.88. The number of anilines is 1. The summed E-state index contributed by atoms with van der Waals surface area (Å²) in [6, 6.07) is 2.90. The summed E-state index contributed by atoms with van der Waals surface area (Å²) in [6.07, 6.45) is 5.83. The minimum Gasteiger partial charge on any atom is -0.480 e. The maximum atomic E-state index is 13.6. The Morgan fingerprint density at radius 1 is 1.07 bits per heavy atom. The first kappa shape index (κ1) is 36.2. The van der Waals surface area contributed by atoms with Crippen LogP contribution in [-0.2, 0) is 35.0 Å². The van der Waals surface area contributed by atoms with Crippen LogP contribution in [-0.4, -0.2) is 59.4 Å². The highest BCUT2D eigenvalue weighted by Crippen LogP contribution is 2.33. The number of carbonyl (C=O) groups excluding carboxylic acids is 1. The van der Waals surface area contributed by atoms with Crippen molar-refractivity contribution in [2.45, 2.75) is 109 Å². The number of hydrogen-bond donors (Lipinski definition) is 3. The van der Waals surface area contributed by atoms with Gasteiger partial charge in [0.15, 0.2) is 0 Å². The van der Waals surface area contributed by atoms with Crippen molar-refractivity contribution in [2.24, 2.45) is 5.92 Å². The van der Waals surface area contributed by atoms with Crippen LogP contribution >= 0.6 is 0 Å². The minimum atomic E-state index is -4.81. The molecule has 0 fully saturated rings. The van der Waals surface area contributed by atoms with Gasteiger partial charge in [-0.25, -0.2) is 14.2 Å². The van der Waals surface area contributed by atoms with Crippen LogP contribution in [0.2, 0.25) is 0 Å². The number of ether oxygens (including phenoxy) is 1. The zero-order valence-electron chi connectivity index (χ0n) is 26.2. The Labute approximate surface area is 262 Å². The Morgan fingerprint density at radius 3 is 2.47 bits per heavy atom. The highest BCUT2D eigenvalue weighted by molar-refractivity contribution is 5.99. The zero-order valence-corrected chi connectivity index (χ0v) is 26.2. The number of alkyl halides is 4. The smallest absolute Gasteiger partial charge is 0.418 e. The molecule has 0 spiro atoms. The average Bonchev–Trinajstić information content (AvgIpc) is 3.03. The second-order valence-corrected chi connectivity index (χ2v) is 11.8. The number of rotatable bonds is 19. The van der Waals surface area contributed by atoms with Gasteiger partial charge >= 0.3 is 12.1 Å². The summed E-state index contributed by atoms with van der Waals surface area (Å²) in [4.78, 5) is 33.2. The Hall–Kier alpha value is -3.28. The molecule has 3 rings (SSSR count). The normalized spacial score (nSPS) is 15.1. The highest BCUT2D eigenvalue weighted by Gasteiger charge is 2.37. The van der Waals surface area contributed by atoms with Gasteiger partial charge in [-0.2, -0.15) is 13.2 Å². The Bertz CT molecular complexity index is 1240. The van der Waals surface area contributed by atoms with Crippen LogP contribution in [0.25, 0.3) is 0 Å². The van der Waals surface area contributed by atoms with Gasteiger partial charge in [-0.15, -0.1) is 0 Å². The third-order valence-electron chi connectivity index (χ3n) is 8.55. The molecule has 1 aliphatic heterocycles. The molecule has 2 aromatic rings. The largest absolute Gasteiger partial charge is 0.480 e. The molecule has 1 aliphatic rings. The van der Waals surface area contributed by atoms with Crippen molar-refractivity contribution in [3.8, 4) is 0 Å². The van der Waals surface area contributed by atoms with E-state index in [1.165, 1.54) is 18.9 Å². The molecule has 3 heterocycles. The number of unbranched alkanes of at least 4 members (excludes halogenated alkanes) is 2. The molecule has 3 N–H and O–H groups in total. The second kappa shape index (κ2) is 18.0. The second-order valence-electron chi connectivity index (χ2n) is 11.8. The van der Waals surface area contributed by atoms with Crippen LogP contribution in [0.3, 0.4) is 0 Å². The Balaban J connectivity index is 1.53. The molecule has 1 unspecified atom stereocenters. The van der Waals surface area contributed by atoms with Crippen molar-refractivity contribution in [1.29, 1.82) is 0 Å². The summed E-state index contributed by atoms with van der Waals surface area (Å²) >= 11 is 0. The minimum absolute atomic E-state index is 0.0743. The maximum absolute atomic E-state index is 13.6. The number of nitrogens with one attached hydrogen (secondary N) is 2. The lowest BCUT2D eigenvalue weighted by atomic mass is 9.89. The fourth-order valence-electron chi connectivity index (χ4n) is 5.88. The van der Waals surface area contributed by atoms with Crippen molar-refractivity contribution >= 4 is 17.7 Å². The van der Waals surface area contributed by atoms with Crippen LogP contribution in [0.15, 0.2) is 24.5 Å². The third kappa shape index (κ3) is 11.2. The van der Waals surface area contributed by atoms with Crippen molar-refractivity contribution in [1.82, 2.24) is 15.3 Å². The number of aliphatic carboxylic acids is 1. The topological polar surface area (TPSA) is 113 Å². The van der Waals surface area contributed by atoms with E-state index in [0.29, 0.717) is 25.5 Å². The quantitative estimate of drug-likeness (QED) is 0.113. The molecular formula is C33H46F4N4O4. The van der Waals surface area contributed by atoms with E-state index in [1.807, 2.05) is 0 Å². The molecule has 0 saturated carbocycles. The van der Waals surface area contributed by atoms with E-state index in [-0.39, 0.29) is 24.3 Å². The lowest BCUT2D eigenvalue weighted by Crippen LogP contribution is -2.41. The highest BCUT2D eigenvalue weighted by atomic mass is 19.4. The first-order valence-electron chi connectivity index (χ1n) is 16.0. The number of aryl methyl sites for hydroxylation is 3. The summed E-state index contributed by atoms with van der Waals surface area (Å²) in [7, 11) is 1.49.